The van der Waals surface area contributed by atoms with Crippen molar-refractivity contribution in [2.45, 2.75) is 25.5 Å². The Morgan fingerprint density at radius 2 is 2.31 bits per heavy atom. The minimum Gasteiger partial charge on any atom is -0.388 e. The molecule has 0 fully saturated rings. The largest absolute Gasteiger partial charge is 0.388 e. The summed E-state index contributed by atoms with van der Waals surface area (Å²) in [6.07, 6.45) is 0.0955. The predicted octanol–water partition coefficient (Wildman–Crippen LogP) is 2.06. The molecule has 3 heteroatoms. The monoisotopic (exact) mass is 181 g/mol. The molecular formula is C10H12FNO. The number of hydrogen-bond acceptors (Lipinski definition) is 2. The SMILES string of the molecule is CC1CC(O)c2cc(F)ccc2N1. The highest BCUT2D eigenvalue weighted by Crippen LogP contribution is 2.32. The van der Waals surface area contributed by atoms with Crippen LogP contribution in [0.3, 0.4) is 0 Å². The Morgan fingerprint density at radius 3 is 3.08 bits per heavy atom. The normalized spacial score (nSPS) is 26.4. The number of hydrogen-bond donors (Lipinski definition) is 2. The number of aliphatic hydroxyl groups is 1. The minimum atomic E-state index is -0.540. The lowest BCUT2D eigenvalue weighted by Gasteiger charge is -2.28. The highest BCUT2D eigenvalue weighted by molar-refractivity contribution is 5.54. The fraction of sp³-hybridized carbons (Fsp3) is 0.400. The second-order valence-corrected chi connectivity index (χ2v) is 3.53. The summed E-state index contributed by atoms with van der Waals surface area (Å²) in [4.78, 5) is 0. The quantitative estimate of drug-likeness (QED) is 0.642. The zero-order valence-corrected chi connectivity index (χ0v) is 7.42. The first-order chi connectivity index (χ1) is 6.16. The summed E-state index contributed by atoms with van der Waals surface area (Å²) in [5.41, 5.74) is 1.51. The van der Waals surface area contributed by atoms with Crippen LogP contribution in [-0.2, 0) is 0 Å². The van der Waals surface area contributed by atoms with Gasteiger partial charge in [0.05, 0.1) is 6.10 Å². The van der Waals surface area contributed by atoms with Crippen molar-refractivity contribution in [3.05, 3.63) is 29.6 Å². The van der Waals surface area contributed by atoms with Crippen molar-refractivity contribution in [1.82, 2.24) is 0 Å². The Labute approximate surface area is 76.4 Å². The van der Waals surface area contributed by atoms with Gasteiger partial charge in [-0.2, -0.15) is 0 Å². The van der Waals surface area contributed by atoms with Crippen molar-refractivity contribution in [3.8, 4) is 0 Å². The molecule has 2 rings (SSSR count). The molecular weight excluding hydrogens is 169 g/mol. The summed E-state index contributed by atoms with van der Waals surface area (Å²) >= 11 is 0. The van der Waals surface area contributed by atoms with Gasteiger partial charge in [-0.25, -0.2) is 4.39 Å². The van der Waals surface area contributed by atoms with Crippen molar-refractivity contribution < 1.29 is 9.50 Å². The van der Waals surface area contributed by atoms with Gasteiger partial charge in [0, 0.05) is 17.3 Å². The van der Waals surface area contributed by atoms with E-state index in [4.69, 9.17) is 0 Å². The third-order valence-electron chi connectivity index (χ3n) is 2.35. The number of nitrogens with one attached hydrogen (secondary N) is 1. The summed E-state index contributed by atoms with van der Waals surface area (Å²) in [6, 6.07) is 4.70. The zero-order chi connectivity index (χ0) is 9.42. The van der Waals surface area contributed by atoms with E-state index in [0.29, 0.717) is 12.0 Å². The first-order valence-corrected chi connectivity index (χ1v) is 4.41. The summed E-state index contributed by atoms with van der Waals surface area (Å²) in [5.74, 6) is -0.297. The van der Waals surface area contributed by atoms with Gasteiger partial charge in [-0.1, -0.05) is 0 Å². The van der Waals surface area contributed by atoms with E-state index in [0.717, 1.165) is 5.69 Å². The molecule has 2 N–H and O–H groups in total. The Kier molecular flexibility index (Phi) is 1.96. The fourth-order valence-electron chi connectivity index (χ4n) is 1.73. The van der Waals surface area contributed by atoms with Crippen LogP contribution >= 0.6 is 0 Å². The Morgan fingerprint density at radius 1 is 1.54 bits per heavy atom. The van der Waals surface area contributed by atoms with Crippen LogP contribution in [0.4, 0.5) is 10.1 Å². The average Bonchev–Trinajstić information content (AvgIpc) is 2.06. The van der Waals surface area contributed by atoms with Crippen molar-refractivity contribution in [2.75, 3.05) is 5.32 Å². The molecule has 70 valence electrons. The molecule has 1 aliphatic rings. The van der Waals surface area contributed by atoms with Crippen molar-refractivity contribution in [2.24, 2.45) is 0 Å². The summed E-state index contributed by atoms with van der Waals surface area (Å²) in [5, 5.41) is 12.8. The van der Waals surface area contributed by atoms with E-state index in [1.54, 1.807) is 6.07 Å². The maximum atomic E-state index is 12.8. The number of anilines is 1. The fourth-order valence-corrected chi connectivity index (χ4v) is 1.73. The van der Waals surface area contributed by atoms with Crippen LogP contribution in [0.25, 0.3) is 0 Å². The van der Waals surface area contributed by atoms with Crippen molar-refractivity contribution in [3.63, 3.8) is 0 Å². The van der Waals surface area contributed by atoms with E-state index in [-0.39, 0.29) is 11.9 Å². The molecule has 0 radical (unpaired) electrons. The molecule has 2 atom stereocenters. The number of halogens is 1. The molecule has 0 amide bonds. The van der Waals surface area contributed by atoms with Gasteiger partial charge in [-0.3, -0.25) is 0 Å². The Balaban J connectivity index is 2.43. The molecule has 1 aromatic rings. The highest BCUT2D eigenvalue weighted by atomic mass is 19.1. The van der Waals surface area contributed by atoms with Gasteiger partial charge in [0.2, 0.25) is 0 Å². The Bertz CT molecular complexity index is 327. The van der Waals surface area contributed by atoms with E-state index in [1.165, 1.54) is 12.1 Å². The molecule has 1 heterocycles. The van der Waals surface area contributed by atoms with Gasteiger partial charge >= 0.3 is 0 Å². The predicted molar refractivity (Wildman–Crippen MR) is 49.1 cm³/mol. The molecule has 0 aliphatic carbocycles. The number of rotatable bonds is 0. The molecule has 0 saturated carbocycles. The van der Waals surface area contributed by atoms with E-state index < -0.39 is 6.10 Å². The standard InChI is InChI=1S/C10H12FNO/c1-6-4-10(13)8-5-7(11)2-3-9(8)12-6/h2-3,5-6,10,12-13H,4H2,1H3. The van der Waals surface area contributed by atoms with Crippen LogP contribution in [0.15, 0.2) is 18.2 Å². The summed E-state index contributed by atoms with van der Waals surface area (Å²) < 4.78 is 12.8. The second kappa shape index (κ2) is 3.00. The maximum Gasteiger partial charge on any atom is 0.123 e. The van der Waals surface area contributed by atoms with Crippen LogP contribution in [0.2, 0.25) is 0 Å². The third-order valence-corrected chi connectivity index (χ3v) is 2.35. The van der Waals surface area contributed by atoms with Gasteiger partial charge in [0.25, 0.3) is 0 Å². The smallest absolute Gasteiger partial charge is 0.123 e. The first-order valence-electron chi connectivity index (χ1n) is 4.41. The Hall–Kier alpha value is -1.09. The zero-order valence-electron chi connectivity index (χ0n) is 7.42. The molecule has 13 heavy (non-hydrogen) atoms. The lowest BCUT2D eigenvalue weighted by molar-refractivity contribution is 0.158. The van der Waals surface area contributed by atoms with E-state index >= 15 is 0 Å². The van der Waals surface area contributed by atoms with Crippen LogP contribution in [0.1, 0.15) is 25.0 Å². The van der Waals surface area contributed by atoms with Gasteiger partial charge < -0.3 is 10.4 Å². The number of aliphatic hydroxyl groups excluding tert-OH is 1. The minimum absolute atomic E-state index is 0.243. The van der Waals surface area contributed by atoms with Gasteiger partial charge in [-0.15, -0.1) is 0 Å². The second-order valence-electron chi connectivity index (χ2n) is 3.53. The van der Waals surface area contributed by atoms with E-state index in [2.05, 4.69) is 5.32 Å². The van der Waals surface area contributed by atoms with Crippen LogP contribution in [0.5, 0.6) is 0 Å². The first kappa shape index (κ1) is 8.51. The van der Waals surface area contributed by atoms with Gasteiger partial charge in [-0.05, 0) is 31.5 Å². The maximum absolute atomic E-state index is 12.8. The average molecular weight is 181 g/mol. The highest BCUT2D eigenvalue weighted by Gasteiger charge is 2.22. The molecule has 2 nitrogen and oxygen atoms in total. The lowest BCUT2D eigenvalue weighted by atomic mass is 9.96. The molecule has 0 bridgehead atoms. The number of benzene rings is 1. The molecule has 0 spiro atoms. The topological polar surface area (TPSA) is 32.3 Å². The van der Waals surface area contributed by atoms with Crippen LogP contribution < -0.4 is 5.32 Å². The summed E-state index contributed by atoms with van der Waals surface area (Å²) in [7, 11) is 0. The molecule has 1 aromatic carbocycles. The molecule has 0 saturated heterocycles. The molecule has 1 aliphatic heterocycles. The van der Waals surface area contributed by atoms with Crippen LogP contribution in [-0.4, -0.2) is 11.1 Å². The molecule has 2 unspecified atom stereocenters. The van der Waals surface area contributed by atoms with Crippen molar-refractivity contribution >= 4 is 5.69 Å². The van der Waals surface area contributed by atoms with Crippen LogP contribution in [0, 0.1) is 5.82 Å². The van der Waals surface area contributed by atoms with E-state index in [1.807, 2.05) is 6.92 Å². The number of fused-ring (bicyclic) bond motifs is 1. The van der Waals surface area contributed by atoms with Crippen molar-refractivity contribution in [1.29, 1.82) is 0 Å². The van der Waals surface area contributed by atoms with Gasteiger partial charge in [0.15, 0.2) is 0 Å². The van der Waals surface area contributed by atoms with E-state index in [9.17, 15) is 9.50 Å². The third kappa shape index (κ3) is 1.52. The lowest BCUT2D eigenvalue weighted by Crippen LogP contribution is -2.25. The van der Waals surface area contributed by atoms with Gasteiger partial charge in [0.1, 0.15) is 5.82 Å². The summed E-state index contributed by atoms with van der Waals surface area (Å²) in [6.45, 7) is 2.00. The molecule has 0 aromatic heterocycles.